The van der Waals surface area contributed by atoms with Crippen molar-refractivity contribution < 1.29 is 27.5 Å². The number of benzene rings is 2. The van der Waals surface area contributed by atoms with E-state index in [1.165, 1.54) is 24.5 Å². The zero-order chi connectivity index (χ0) is 22.5. The van der Waals surface area contributed by atoms with E-state index in [0.717, 1.165) is 17.7 Å². The predicted molar refractivity (Wildman–Crippen MR) is 115 cm³/mol. The fraction of sp³-hybridized carbons (Fsp3) is 0.130. The van der Waals surface area contributed by atoms with Crippen molar-refractivity contribution in [2.75, 3.05) is 7.11 Å². The molecule has 0 saturated heterocycles. The summed E-state index contributed by atoms with van der Waals surface area (Å²) < 4.78 is 42.8. The van der Waals surface area contributed by atoms with Crippen LogP contribution >= 0.6 is 11.3 Å². The van der Waals surface area contributed by atoms with Crippen LogP contribution in [0.5, 0.6) is 11.5 Å². The summed E-state index contributed by atoms with van der Waals surface area (Å²) in [6.07, 6.45) is 1.54. The summed E-state index contributed by atoms with van der Waals surface area (Å²) >= 11 is 1.32. The van der Waals surface area contributed by atoms with E-state index in [0.29, 0.717) is 33.5 Å². The van der Waals surface area contributed by atoms with E-state index in [2.05, 4.69) is 10.3 Å². The molecule has 32 heavy (non-hydrogen) atoms. The van der Waals surface area contributed by atoms with E-state index >= 15 is 0 Å². The van der Waals surface area contributed by atoms with Crippen LogP contribution in [0.25, 0.3) is 10.6 Å². The van der Waals surface area contributed by atoms with E-state index in [4.69, 9.17) is 13.9 Å². The maximum Gasteiger partial charge on any atom is 0.271 e. The van der Waals surface area contributed by atoms with Gasteiger partial charge < -0.3 is 19.2 Å². The number of furan rings is 1. The largest absolute Gasteiger partial charge is 0.493 e. The van der Waals surface area contributed by atoms with Crippen LogP contribution in [0.4, 0.5) is 8.78 Å². The van der Waals surface area contributed by atoms with Gasteiger partial charge in [0.2, 0.25) is 0 Å². The number of hydrogen-bond acceptors (Lipinski definition) is 6. The van der Waals surface area contributed by atoms with Gasteiger partial charge in [-0.25, -0.2) is 13.8 Å². The van der Waals surface area contributed by atoms with Gasteiger partial charge in [-0.2, -0.15) is 0 Å². The van der Waals surface area contributed by atoms with Gasteiger partial charge >= 0.3 is 0 Å². The second kappa shape index (κ2) is 9.61. The van der Waals surface area contributed by atoms with Crippen LogP contribution in [0.3, 0.4) is 0 Å². The summed E-state index contributed by atoms with van der Waals surface area (Å²) in [7, 11) is 1.50. The minimum Gasteiger partial charge on any atom is -0.493 e. The fourth-order valence-electron chi connectivity index (χ4n) is 2.89. The van der Waals surface area contributed by atoms with Crippen molar-refractivity contribution in [2.45, 2.75) is 13.2 Å². The molecule has 0 atom stereocenters. The third-order valence-corrected chi connectivity index (χ3v) is 5.42. The standard InChI is InChI=1S/C23H18F2N2O4S/c1-29-21-10-15(5-7-20(21)31-12-14-4-6-17(24)18(25)9-14)23-27-19(13-32-23)22(28)26-11-16-3-2-8-30-16/h2-10,13H,11-12H2,1H3,(H,26,28). The molecule has 0 saturated carbocycles. The molecule has 0 aliphatic carbocycles. The van der Waals surface area contributed by atoms with Gasteiger partial charge in [0.1, 0.15) is 23.1 Å². The molecule has 0 bridgehead atoms. The Morgan fingerprint density at radius 3 is 2.75 bits per heavy atom. The molecule has 9 heteroatoms. The van der Waals surface area contributed by atoms with Crippen molar-refractivity contribution in [2.24, 2.45) is 0 Å². The molecular formula is C23H18F2N2O4S. The first-order chi connectivity index (χ1) is 15.5. The third-order valence-electron chi connectivity index (χ3n) is 4.53. The maximum absolute atomic E-state index is 13.4. The summed E-state index contributed by atoms with van der Waals surface area (Å²) in [5.41, 5.74) is 1.53. The minimum absolute atomic E-state index is 0.0458. The molecule has 0 aliphatic rings. The molecule has 2 aromatic carbocycles. The highest BCUT2D eigenvalue weighted by Crippen LogP contribution is 2.34. The smallest absolute Gasteiger partial charge is 0.271 e. The second-order valence-electron chi connectivity index (χ2n) is 6.70. The summed E-state index contributed by atoms with van der Waals surface area (Å²) in [5.74, 6) is -0.604. The normalized spacial score (nSPS) is 10.7. The van der Waals surface area contributed by atoms with Gasteiger partial charge in [-0.3, -0.25) is 4.79 Å². The first kappa shape index (κ1) is 21.5. The van der Waals surface area contributed by atoms with Gasteiger partial charge in [-0.1, -0.05) is 6.07 Å². The lowest BCUT2D eigenvalue weighted by molar-refractivity contribution is 0.0944. The molecule has 1 N–H and O–H groups in total. The van der Waals surface area contributed by atoms with Crippen LogP contribution in [-0.4, -0.2) is 18.0 Å². The molecule has 6 nitrogen and oxygen atoms in total. The van der Waals surface area contributed by atoms with Crippen LogP contribution in [-0.2, 0) is 13.2 Å². The molecule has 0 aliphatic heterocycles. The molecule has 0 unspecified atom stereocenters. The van der Waals surface area contributed by atoms with Gasteiger partial charge in [0, 0.05) is 10.9 Å². The van der Waals surface area contributed by atoms with Crippen LogP contribution < -0.4 is 14.8 Å². The van der Waals surface area contributed by atoms with Crippen molar-refractivity contribution in [1.82, 2.24) is 10.3 Å². The van der Waals surface area contributed by atoms with Crippen molar-refractivity contribution in [3.63, 3.8) is 0 Å². The van der Waals surface area contributed by atoms with Crippen LogP contribution in [0, 0.1) is 11.6 Å². The van der Waals surface area contributed by atoms with Crippen molar-refractivity contribution >= 4 is 17.2 Å². The highest BCUT2D eigenvalue weighted by Gasteiger charge is 2.14. The van der Waals surface area contributed by atoms with Crippen LogP contribution in [0.2, 0.25) is 0 Å². The Kier molecular flexibility index (Phi) is 6.46. The summed E-state index contributed by atoms with van der Waals surface area (Å²) in [4.78, 5) is 16.7. The third kappa shape index (κ3) is 4.94. The van der Waals surface area contributed by atoms with Gasteiger partial charge in [-0.15, -0.1) is 11.3 Å². The number of rotatable bonds is 8. The highest BCUT2D eigenvalue weighted by atomic mass is 32.1. The van der Waals surface area contributed by atoms with E-state index in [1.807, 2.05) is 0 Å². The van der Waals surface area contributed by atoms with E-state index in [-0.39, 0.29) is 19.1 Å². The lowest BCUT2D eigenvalue weighted by atomic mass is 10.2. The van der Waals surface area contributed by atoms with Gasteiger partial charge in [0.15, 0.2) is 23.1 Å². The summed E-state index contributed by atoms with van der Waals surface area (Å²) in [5, 5.41) is 5.07. The predicted octanol–water partition coefficient (Wildman–Crippen LogP) is 5.20. The summed E-state index contributed by atoms with van der Waals surface area (Å²) in [6, 6.07) is 12.3. The van der Waals surface area contributed by atoms with Crippen LogP contribution in [0.15, 0.2) is 64.6 Å². The van der Waals surface area contributed by atoms with Crippen LogP contribution in [0.1, 0.15) is 21.8 Å². The molecule has 4 rings (SSSR count). The molecule has 4 aromatic rings. The number of hydrogen-bond donors (Lipinski definition) is 1. The average molecular weight is 456 g/mol. The maximum atomic E-state index is 13.4. The van der Waals surface area contributed by atoms with E-state index in [9.17, 15) is 13.6 Å². The second-order valence-corrected chi connectivity index (χ2v) is 7.56. The highest BCUT2D eigenvalue weighted by molar-refractivity contribution is 7.13. The number of carbonyl (C=O) groups is 1. The number of carbonyl (C=O) groups excluding carboxylic acids is 1. The number of ether oxygens (including phenoxy) is 2. The van der Waals surface area contributed by atoms with Crippen molar-refractivity contribution in [3.8, 4) is 22.1 Å². The fourth-order valence-corrected chi connectivity index (χ4v) is 3.69. The molecule has 0 fully saturated rings. The average Bonchev–Trinajstić information content (AvgIpc) is 3.50. The van der Waals surface area contributed by atoms with E-state index < -0.39 is 11.6 Å². The van der Waals surface area contributed by atoms with Gasteiger partial charge in [0.25, 0.3) is 5.91 Å². The Morgan fingerprint density at radius 1 is 1.12 bits per heavy atom. The first-order valence-corrected chi connectivity index (χ1v) is 10.4. The molecule has 0 radical (unpaired) electrons. The Balaban J connectivity index is 1.44. The number of aromatic nitrogens is 1. The molecule has 2 aromatic heterocycles. The first-order valence-electron chi connectivity index (χ1n) is 9.54. The number of nitrogens with zero attached hydrogens (tertiary/aromatic N) is 1. The monoisotopic (exact) mass is 456 g/mol. The topological polar surface area (TPSA) is 73.6 Å². The van der Waals surface area contributed by atoms with Crippen molar-refractivity contribution in [1.29, 1.82) is 0 Å². The lowest BCUT2D eigenvalue weighted by Crippen LogP contribution is -2.22. The Hall–Kier alpha value is -3.72. The zero-order valence-electron chi connectivity index (χ0n) is 16.9. The number of thiazole rings is 1. The van der Waals surface area contributed by atoms with Crippen molar-refractivity contribution in [3.05, 3.63) is 88.8 Å². The molecule has 2 heterocycles. The molecule has 0 spiro atoms. The van der Waals surface area contributed by atoms with Gasteiger partial charge in [-0.05, 0) is 48.0 Å². The lowest BCUT2D eigenvalue weighted by Gasteiger charge is -2.12. The number of methoxy groups -OCH3 is 1. The van der Waals surface area contributed by atoms with E-state index in [1.54, 1.807) is 42.0 Å². The quantitative estimate of drug-likeness (QED) is 0.395. The Morgan fingerprint density at radius 2 is 2.00 bits per heavy atom. The number of halogens is 2. The molecule has 164 valence electrons. The SMILES string of the molecule is COc1cc(-c2nc(C(=O)NCc3ccco3)cs2)ccc1OCc1ccc(F)c(F)c1. The Labute approximate surface area is 186 Å². The zero-order valence-corrected chi connectivity index (χ0v) is 17.7. The van der Waals surface area contributed by atoms with Gasteiger partial charge in [0.05, 0.1) is 19.9 Å². The number of nitrogens with one attached hydrogen (secondary N) is 1. The Bertz CT molecular complexity index is 1220. The molecular weight excluding hydrogens is 438 g/mol. The summed E-state index contributed by atoms with van der Waals surface area (Å²) in [6.45, 7) is 0.320. The molecule has 1 amide bonds. The minimum atomic E-state index is -0.929. The number of amides is 1.